The summed E-state index contributed by atoms with van der Waals surface area (Å²) in [4.78, 5) is 23.0. The van der Waals surface area contributed by atoms with Crippen molar-refractivity contribution < 1.29 is 14.7 Å². The van der Waals surface area contributed by atoms with Crippen LogP contribution in [0.25, 0.3) is 0 Å². The molecule has 2 unspecified atom stereocenters. The van der Waals surface area contributed by atoms with Crippen LogP contribution in [0, 0.1) is 5.92 Å². The molecule has 1 aliphatic carbocycles. The highest BCUT2D eigenvalue weighted by atomic mass is 16.3. The van der Waals surface area contributed by atoms with Gasteiger partial charge in [-0.15, -0.1) is 0 Å². The maximum Gasteiger partial charge on any atom is 0.312 e. The molecular formula is C13H25N3O3. The summed E-state index contributed by atoms with van der Waals surface area (Å²) in [6.07, 6.45) is 4.15. The molecule has 3 amide bonds. The number of carbonyl (C=O) groups excluding carboxylic acids is 2. The molecule has 2 atom stereocenters. The topological polar surface area (TPSA) is 104 Å². The molecule has 0 spiro atoms. The highest BCUT2D eigenvalue weighted by molar-refractivity contribution is 5.86. The second kappa shape index (κ2) is 6.75. The van der Waals surface area contributed by atoms with E-state index in [-0.39, 0.29) is 18.4 Å². The molecule has 1 saturated carbocycles. The summed E-state index contributed by atoms with van der Waals surface area (Å²) in [7, 11) is 0. The number of hydrogen-bond acceptors (Lipinski definition) is 3. The molecule has 0 heterocycles. The van der Waals surface area contributed by atoms with Gasteiger partial charge >= 0.3 is 6.03 Å². The number of primary amides is 1. The fourth-order valence-electron chi connectivity index (χ4n) is 2.43. The standard InChI is InChI=1S/C13H25N3O3/c1-3-9(2)10(16-12(14)18)11(17)15-8-13(19)6-4-5-7-13/h9-10,19H,3-8H2,1-2H3,(H,15,17)(H3,14,16,18). The van der Waals surface area contributed by atoms with E-state index in [9.17, 15) is 14.7 Å². The first-order valence-corrected chi connectivity index (χ1v) is 6.94. The van der Waals surface area contributed by atoms with Crippen molar-refractivity contribution in [3.8, 4) is 0 Å². The maximum atomic E-state index is 12.1. The first-order chi connectivity index (χ1) is 8.88. The van der Waals surface area contributed by atoms with Crippen molar-refractivity contribution in [1.29, 1.82) is 0 Å². The molecule has 0 aromatic carbocycles. The lowest BCUT2D eigenvalue weighted by Crippen LogP contribution is -2.54. The maximum absolute atomic E-state index is 12.1. The molecule has 0 aliphatic heterocycles. The predicted octanol–water partition coefficient (Wildman–Crippen LogP) is 0.491. The van der Waals surface area contributed by atoms with Gasteiger partial charge in [0, 0.05) is 6.54 Å². The molecule has 0 saturated heterocycles. The lowest BCUT2D eigenvalue weighted by molar-refractivity contribution is -0.125. The smallest absolute Gasteiger partial charge is 0.312 e. The van der Waals surface area contributed by atoms with Crippen molar-refractivity contribution in [3.05, 3.63) is 0 Å². The number of urea groups is 1. The fraction of sp³-hybridized carbons (Fsp3) is 0.846. The third-order valence-corrected chi connectivity index (χ3v) is 3.92. The second-order valence-electron chi connectivity index (χ2n) is 5.52. The number of carbonyl (C=O) groups is 2. The van der Waals surface area contributed by atoms with Crippen LogP contribution in [-0.4, -0.2) is 35.2 Å². The van der Waals surface area contributed by atoms with Crippen molar-refractivity contribution >= 4 is 11.9 Å². The van der Waals surface area contributed by atoms with E-state index in [1.165, 1.54) is 0 Å². The lowest BCUT2D eigenvalue weighted by Gasteiger charge is -2.26. The molecule has 1 aliphatic rings. The molecule has 0 bridgehead atoms. The Bertz CT molecular complexity index is 327. The zero-order valence-electron chi connectivity index (χ0n) is 11.7. The van der Waals surface area contributed by atoms with Crippen molar-refractivity contribution in [3.63, 3.8) is 0 Å². The number of nitrogens with one attached hydrogen (secondary N) is 2. The fourth-order valence-corrected chi connectivity index (χ4v) is 2.43. The molecule has 5 N–H and O–H groups in total. The first kappa shape index (κ1) is 15.8. The summed E-state index contributed by atoms with van der Waals surface area (Å²) in [6.45, 7) is 4.06. The molecule has 6 nitrogen and oxygen atoms in total. The van der Waals surface area contributed by atoms with E-state index in [1.54, 1.807) is 0 Å². The largest absolute Gasteiger partial charge is 0.388 e. The van der Waals surface area contributed by atoms with Crippen LogP contribution in [0.1, 0.15) is 46.0 Å². The van der Waals surface area contributed by atoms with E-state index in [1.807, 2.05) is 13.8 Å². The first-order valence-electron chi connectivity index (χ1n) is 6.94. The Morgan fingerprint density at radius 3 is 2.42 bits per heavy atom. The minimum absolute atomic E-state index is 0.00859. The van der Waals surface area contributed by atoms with E-state index >= 15 is 0 Å². The van der Waals surface area contributed by atoms with E-state index in [0.717, 1.165) is 19.3 Å². The Morgan fingerprint density at radius 1 is 1.37 bits per heavy atom. The van der Waals surface area contributed by atoms with Gasteiger partial charge in [0.2, 0.25) is 5.91 Å². The quantitative estimate of drug-likeness (QED) is 0.565. The van der Waals surface area contributed by atoms with Crippen LogP contribution in [-0.2, 0) is 4.79 Å². The van der Waals surface area contributed by atoms with Crippen LogP contribution in [0.2, 0.25) is 0 Å². The van der Waals surface area contributed by atoms with Crippen molar-refractivity contribution in [1.82, 2.24) is 10.6 Å². The SMILES string of the molecule is CCC(C)C(NC(N)=O)C(=O)NCC1(O)CCCC1. The molecule has 0 aromatic rings. The van der Waals surface area contributed by atoms with Gasteiger partial charge in [-0.2, -0.15) is 0 Å². The van der Waals surface area contributed by atoms with Crippen LogP contribution < -0.4 is 16.4 Å². The summed E-state index contributed by atoms with van der Waals surface area (Å²) >= 11 is 0. The Balaban J connectivity index is 2.53. The summed E-state index contributed by atoms with van der Waals surface area (Å²) in [5.74, 6) is -0.292. The van der Waals surface area contributed by atoms with E-state index in [0.29, 0.717) is 12.8 Å². The molecular weight excluding hydrogens is 246 g/mol. The summed E-state index contributed by atoms with van der Waals surface area (Å²) in [6, 6.07) is -1.35. The zero-order valence-corrected chi connectivity index (χ0v) is 11.7. The highest BCUT2D eigenvalue weighted by Gasteiger charge is 2.33. The van der Waals surface area contributed by atoms with Gasteiger partial charge in [-0.25, -0.2) is 4.79 Å². The molecule has 1 rings (SSSR count). The van der Waals surface area contributed by atoms with Gasteiger partial charge in [-0.05, 0) is 18.8 Å². The minimum atomic E-state index is -0.789. The van der Waals surface area contributed by atoms with Gasteiger partial charge < -0.3 is 21.5 Å². The molecule has 0 radical (unpaired) electrons. The Labute approximate surface area is 114 Å². The van der Waals surface area contributed by atoms with E-state index < -0.39 is 17.7 Å². The Hall–Kier alpha value is -1.30. The Morgan fingerprint density at radius 2 is 1.95 bits per heavy atom. The van der Waals surface area contributed by atoms with Gasteiger partial charge in [0.25, 0.3) is 0 Å². The average molecular weight is 271 g/mol. The summed E-state index contributed by atoms with van der Waals surface area (Å²) in [5, 5.41) is 15.4. The monoisotopic (exact) mass is 271 g/mol. The van der Waals surface area contributed by atoms with Crippen LogP contribution in [0.15, 0.2) is 0 Å². The molecule has 1 fully saturated rings. The van der Waals surface area contributed by atoms with Crippen molar-refractivity contribution in [2.75, 3.05) is 6.54 Å². The van der Waals surface area contributed by atoms with E-state index in [4.69, 9.17) is 5.73 Å². The minimum Gasteiger partial charge on any atom is -0.388 e. The predicted molar refractivity (Wildman–Crippen MR) is 72.4 cm³/mol. The van der Waals surface area contributed by atoms with E-state index in [2.05, 4.69) is 10.6 Å². The number of rotatable bonds is 6. The van der Waals surface area contributed by atoms with Crippen molar-refractivity contribution in [2.45, 2.75) is 57.6 Å². The number of aliphatic hydroxyl groups is 1. The van der Waals surface area contributed by atoms with Crippen LogP contribution in [0.4, 0.5) is 4.79 Å². The van der Waals surface area contributed by atoms with Gasteiger partial charge in [0.05, 0.1) is 5.60 Å². The molecule has 110 valence electrons. The molecule has 19 heavy (non-hydrogen) atoms. The van der Waals surface area contributed by atoms with Gasteiger partial charge in [0.15, 0.2) is 0 Å². The molecule has 6 heteroatoms. The second-order valence-corrected chi connectivity index (χ2v) is 5.52. The van der Waals surface area contributed by atoms with Crippen LogP contribution >= 0.6 is 0 Å². The van der Waals surface area contributed by atoms with Gasteiger partial charge in [-0.3, -0.25) is 4.79 Å². The van der Waals surface area contributed by atoms with Gasteiger partial charge in [-0.1, -0.05) is 33.1 Å². The summed E-state index contributed by atoms with van der Waals surface area (Å²) < 4.78 is 0. The number of hydrogen-bond donors (Lipinski definition) is 4. The summed E-state index contributed by atoms with van der Waals surface area (Å²) in [5.41, 5.74) is 4.30. The molecule has 0 aromatic heterocycles. The zero-order chi connectivity index (χ0) is 14.5. The van der Waals surface area contributed by atoms with Gasteiger partial charge in [0.1, 0.15) is 6.04 Å². The Kier molecular flexibility index (Phi) is 5.60. The lowest BCUT2D eigenvalue weighted by atomic mass is 9.97. The number of amides is 3. The average Bonchev–Trinajstić information content (AvgIpc) is 2.79. The third kappa shape index (κ3) is 4.70. The third-order valence-electron chi connectivity index (χ3n) is 3.92. The number of nitrogens with two attached hydrogens (primary N) is 1. The van der Waals surface area contributed by atoms with Crippen LogP contribution in [0.3, 0.4) is 0 Å². The van der Waals surface area contributed by atoms with Crippen molar-refractivity contribution in [2.24, 2.45) is 11.7 Å². The van der Waals surface area contributed by atoms with Crippen LogP contribution in [0.5, 0.6) is 0 Å². The normalized spacial score (nSPS) is 20.6. The highest BCUT2D eigenvalue weighted by Crippen LogP contribution is 2.28.